The van der Waals surface area contributed by atoms with Crippen LogP contribution in [0.3, 0.4) is 0 Å². The maximum Gasteiger partial charge on any atom is 0.290 e. The van der Waals surface area contributed by atoms with Gasteiger partial charge in [-0.2, -0.15) is 0 Å². The van der Waals surface area contributed by atoms with Crippen LogP contribution in [0.5, 0.6) is 0 Å². The minimum Gasteiger partial charge on any atom is -0.459 e. The molecule has 0 spiro atoms. The molecular weight excluding hydrogens is 408 g/mol. The fourth-order valence-corrected chi connectivity index (χ4v) is 4.41. The minimum atomic E-state index is -0.522. The van der Waals surface area contributed by atoms with E-state index in [0.717, 1.165) is 25.9 Å². The first kappa shape index (κ1) is 21.9. The van der Waals surface area contributed by atoms with Gasteiger partial charge in [-0.3, -0.25) is 14.4 Å². The van der Waals surface area contributed by atoms with Gasteiger partial charge in [0.05, 0.1) is 6.26 Å². The lowest BCUT2D eigenvalue weighted by Gasteiger charge is -2.36. The molecule has 8 heteroatoms. The number of para-hydroxylation sites is 1. The van der Waals surface area contributed by atoms with Gasteiger partial charge in [0.1, 0.15) is 6.04 Å². The number of likely N-dealkylation sites (tertiary alicyclic amines) is 1. The van der Waals surface area contributed by atoms with E-state index in [1.54, 1.807) is 17.0 Å². The molecular formula is C24H30N4O4. The monoisotopic (exact) mass is 438 g/mol. The van der Waals surface area contributed by atoms with Gasteiger partial charge in [0.2, 0.25) is 11.8 Å². The van der Waals surface area contributed by atoms with Gasteiger partial charge in [-0.1, -0.05) is 18.2 Å². The number of benzene rings is 1. The zero-order valence-corrected chi connectivity index (χ0v) is 18.2. The molecule has 170 valence electrons. The molecule has 2 aromatic rings. The first-order valence-electron chi connectivity index (χ1n) is 11.3. The van der Waals surface area contributed by atoms with Gasteiger partial charge in [0, 0.05) is 51.4 Å². The molecule has 0 radical (unpaired) electrons. The van der Waals surface area contributed by atoms with Crippen molar-refractivity contribution in [3.8, 4) is 0 Å². The van der Waals surface area contributed by atoms with Crippen molar-refractivity contribution >= 4 is 23.4 Å². The molecule has 2 aliphatic heterocycles. The van der Waals surface area contributed by atoms with Crippen molar-refractivity contribution in [3.05, 3.63) is 54.5 Å². The molecule has 4 rings (SSSR count). The van der Waals surface area contributed by atoms with E-state index in [1.807, 2.05) is 23.1 Å². The Morgan fingerprint density at radius 1 is 0.938 bits per heavy atom. The third-order valence-electron chi connectivity index (χ3n) is 6.19. The predicted molar refractivity (Wildman–Crippen MR) is 120 cm³/mol. The van der Waals surface area contributed by atoms with Crippen molar-refractivity contribution in [2.45, 2.75) is 31.7 Å². The first-order valence-corrected chi connectivity index (χ1v) is 11.3. The number of nitrogens with zero attached hydrogens (tertiary/aromatic N) is 3. The number of rotatable bonds is 6. The van der Waals surface area contributed by atoms with Crippen molar-refractivity contribution in [3.63, 3.8) is 0 Å². The Kier molecular flexibility index (Phi) is 7.09. The van der Waals surface area contributed by atoms with Crippen molar-refractivity contribution in [2.24, 2.45) is 0 Å². The van der Waals surface area contributed by atoms with E-state index < -0.39 is 6.04 Å². The van der Waals surface area contributed by atoms with Crippen LogP contribution >= 0.6 is 0 Å². The zero-order chi connectivity index (χ0) is 22.3. The van der Waals surface area contributed by atoms with Crippen LogP contribution in [0.1, 0.15) is 36.2 Å². The SMILES string of the molecule is O=C(NCCC(=O)N1CCN(c2ccccc2)CC1)C1CCCCN1C(=O)c1ccco1. The Balaban J connectivity index is 1.22. The number of hydrogen-bond acceptors (Lipinski definition) is 5. The highest BCUT2D eigenvalue weighted by atomic mass is 16.3. The summed E-state index contributed by atoms with van der Waals surface area (Å²) >= 11 is 0. The average molecular weight is 439 g/mol. The molecule has 2 aliphatic rings. The standard InChI is InChI=1S/C24H30N4O4/c29-22(27-16-14-26(15-17-27)19-7-2-1-3-8-19)11-12-25-23(30)20-9-4-5-13-28(20)24(31)21-10-6-18-32-21/h1-3,6-8,10,18,20H,4-5,9,11-17H2,(H,25,30). The van der Waals surface area contributed by atoms with Gasteiger partial charge in [0.15, 0.2) is 5.76 Å². The number of carbonyl (C=O) groups is 3. The normalized spacial score (nSPS) is 19.0. The van der Waals surface area contributed by atoms with Gasteiger partial charge >= 0.3 is 0 Å². The highest BCUT2D eigenvalue weighted by Gasteiger charge is 2.33. The molecule has 1 unspecified atom stereocenters. The summed E-state index contributed by atoms with van der Waals surface area (Å²) < 4.78 is 5.22. The highest BCUT2D eigenvalue weighted by molar-refractivity contribution is 5.95. The third kappa shape index (κ3) is 5.12. The molecule has 1 aromatic heterocycles. The van der Waals surface area contributed by atoms with Crippen molar-refractivity contribution in [1.82, 2.24) is 15.1 Å². The van der Waals surface area contributed by atoms with E-state index in [1.165, 1.54) is 12.0 Å². The number of carbonyl (C=O) groups excluding carboxylic acids is 3. The van der Waals surface area contributed by atoms with E-state index in [0.29, 0.717) is 26.1 Å². The van der Waals surface area contributed by atoms with Crippen molar-refractivity contribution < 1.29 is 18.8 Å². The summed E-state index contributed by atoms with van der Waals surface area (Å²) in [5, 5.41) is 2.87. The van der Waals surface area contributed by atoms with E-state index in [9.17, 15) is 14.4 Å². The Morgan fingerprint density at radius 3 is 2.44 bits per heavy atom. The molecule has 3 heterocycles. The molecule has 0 aliphatic carbocycles. The number of furan rings is 1. The molecule has 0 saturated carbocycles. The van der Waals surface area contributed by atoms with Crippen LogP contribution in [0, 0.1) is 0 Å². The summed E-state index contributed by atoms with van der Waals surface area (Å²) in [4.78, 5) is 43.8. The third-order valence-corrected chi connectivity index (χ3v) is 6.19. The van der Waals surface area contributed by atoms with Crippen molar-refractivity contribution in [1.29, 1.82) is 0 Å². The largest absolute Gasteiger partial charge is 0.459 e. The lowest BCUT2D eigenvalue weighted by atomic mass is 10.0. The second-order valence-corrected chi connectivity index (χ2v) is 8.23. The molecule has 1 atom stereocenters. The summed E-state index contributed by atoms with van der Waals surface area (Å²) in [5.41, 5.74) is 1.17. The predicted octanol–water partition coefficient (Wildman–Crippen LogP) is 2.13. The van der Waals surface area contributed by atoms with Gasteiger partial charge < -0.3 is 24.4 Å². The molecule has 32 heavy (non-hydrogen) atoms. The topological polar surface area (TPSA) is 86.1 Å². The number of amides is 3. The lowest BCUT2D eigenvalue weighted by molar-refractivity contribution is -0.131. The van der Waals surface area contributed by atoms with Crippen LogP contribution in [0.15, 0.2) is 53.1 Å². The maximum atomic E-state index is 12.8. The summed E-state index contributed by atoms with van der Waals surface area (Å²) in [6, 6.07) is 13.0. The van der Waals surface area contributed by atoms with Gasteiger partial charge in [0.25, 0.3) is 5.91 Å². The van der Waals surface area contributed by atoms with Crippen LogP contribution < -0.4 is 10.2 Å². The molecule has 3 amide bonds. The Morgan fingerprint density at radius 2 is 1.72 bits per heavy atom. The second-order valence-electron chi connectivity index (χ2n) is 8.23. The summed E-state index contributed by atoms with van der Waals surface area (Å²) in [5.74, 6) is -0.173. The van der Waals surface area contributed by atoms with Gasteiger partial charge in [-0.05, 0) is 43.5 Å². The molecule has 0 bridgehead atoms. The minimum absolute atomic E-state index is 0.0465. The maximum absolute atomic E-state index is 12.8. The number of anilines is 1. The first-order chi connectivity index (χ1) is 15.6. The quantitative estimate of drug-likeness (QED) is 0.747. The summed E-state index contributed by atoms with van der Waals surface area (Å²) in [7, 11) is 0. The van der Waals surface area contributed by atoms with Crippen molar-refractivity contribution in [2.75, 3.05) is 44.2 Å². The highest BCUT2D eigenvalue weighted by Crippen LogP contribution is 2.20. The smallest absolute Gasteiger partial charge is 0.290 e. The Bertz CT molecular complexity index is 907. The molecule has 1 aromatic carbocycles. The van der Waals surface area contributed by atoms with Crippen LogP contribution in [-0.4, -0.2) is 72.8 Å². The van der Waals surface area contributed by atoms with Crippen LogP contribution in [0.4, 0.5) is 5.69 Å². The Labute approximate surface area is 188 Å². The number of nitrogens with one attached hydrogen (secondary N) is 1. The number of piperidine rings is 1. The van der Waals surface area contributed by atoms with Crippen LogP contribution in [0.25, 0.3) is 0 Å². The van der Waals surface area contributed by atoms with E-state index in [2.05, 4.69) is 22.3 Å². The Hall–Kier alpha value is -3.29. The van der Waals surface area contributed by atoms with Gasteiger partial charge in [-0.25, -0.2) is 0 Å². The number of hydrogen-bond donors (Lipinski definition) is 1. The summed E-state index contributed by atoms with van der Waals surface area (Å²) in [6.07, 6.45) is 4.09. The van der Waals surface area contributed by atoms with E-state index >= 15 is 0 Å². The molecule has 1 N–H and O–H groups in total. The molecule has 2 saturated heterocycles. The van der Waals surface area contributed by atoms with Crippen LogP contribution in [-0.2, 0) is 9.59 Å². The number of piperazine rings is 1. The van der Waals surface area contributed by atoms with E-state index in [-0.39, 0.29) is 36.4 Å². The zero-order valence-electron chi connectivity index (χ0n) is 18.2. The summed E-state index contributed by atoms with van der Waals surface area (Å²) in [6.45, 7) is 3.76. The molecule has 8 nitrogen and oxygen atoms in total. The average Bonchev–Trinajstić information content (AvgIpc) is 3.39. The second kappa shape index (κ2) is 10.3. The lowest BCUT2D eigenvalue weighted by Crippen LogP contribution is -2.52. The fraction of sp³-hybridized carbons (Fsp3) is 0.458. The van der Waals surface area contributed by atoms with E-state index in [4.69, 9.17) is 4.42 Å². The van der Waals surface area contributed by atoms with Gasteiger partial charge in [-0.15, -0.1) is 0 Å². The molecule has 2 fully saturated rings. The van der Waals surface area contributed by atoms with Crippen LogP contribution in [0.2, 0.25) is 0 Å². The fourth-order valence-electron chi connectivity index (χ4n) is 4.41.